The Morgan fingerprint density at radius 1 is 1.00 bits per heavy atom. The molecule has 5 rings (SSSR count). The van der Waals surface area contributed by atoms with Crippen LogP contribution in [-0.4, -0.2) is 48.3 Å². The minimum Gasteiger partial charge on any atom is -0.390 e. The van der Waals surface area contributed by atoms with Crippen LogP contribution in [-0.2, 0) is 5.41 Å². The minimum absolute atomic E-state index is 0.0680. The van der Waals surface area contributed by atoms with Gasteiger partial charge in [0.2, 0.25) is 0 Å². The zero-order valence-corrected chi connectivity index (χ0v) is 16.5. The summed E-state index contributed by atoms with van der Waals surface area (Å²) in [6.45, 7) is 1.82. The summed E-state index contributed by atoms with van der Waals surface area (Å²) in [5.74, 6) is 1.07. The molecule has 1 aromatic heterocycles. The van der Waals surface area contributed by atoms with Crippen LogP contribution in [0.2, 0.25) is 0 Å². The first-order valence-electron chi connectivity index (χ1n) is 10.1. The molecule has 144 valence electrons. The van der Waals surface area contributed by atoms with E-state index < -0.39 is 0 Å². The summed E-state index contributed by atoms with van der Waals surface area (Å²) >= 11 is 0. The maximum absolute atomic E-state index is 11.4. The van der Waals surface area contributed by atoms with Crippen molar-refractivity contribution in [3.63, 3.8) is 0 Å². The highest BCUT2D eigenvalue weighted by atomic mass is 16.3. The standard InChI is InChI=1S/C24H27N3O/c1-26(2)21-19-9-5-6-10-20(19)24(22(21)28)12-15-27(16-13-24)23-18-8-4-3-7-17(18)11-14-25-23/h3-11,14,21-22,28H,12-13,15-16H2,1-2H3/t21-,22+/m1/s1. The smallest absolute Gasteiger partial charge is 0.136 e. The van der Waals surface area contributed by atoms with Gasteiger partial charge in [0.1, 0.15) is 5.82 Å². The van der Waals surface area contributed by atoms with Gasteiger partial charge < -0.3 is 14.9 Å². The van der Waals surface area contributed by atoms with Crippen LogP contribution in [0.1, 0.15) is 30.0 Å². The molecule has 4 nitrogen and oxygen atoms in total. The summed E-state index contributed by atoms with van der Waals surface area (Å²) in [5.41, 5.74) is 2.47. The van der Waals surface area contributed by atoms with E-state index in [9.17, 15) is 5.11 Å². The molecule has 1 fully saturated rings. The molecule has 0 amide bonds. The molecule has 0 radical (unpaired) electrons. The molecule has 2 atom stereocenters. The molecule has 1 saturated heterocycles. The summed E-state index contributed by atoms with van der Waals surface area (Å²) in [7, 11) is 4.14. The number of aliphatic hydroxyl groups is 1. The highest BCUT2D eigenvalue weighted by Crippen LogP contribution is 2.52. The molecule has 0 bridgehead atoms. The van der Waals surface area contributed by atoms with Crippen molar-refractivity contribution in [3.05, 3.63) is 71.9 Å². The first-order valence-corrected chi connectivity index (χ1v) is 10.1. The fourth-order valence-corrected chi connectivity index (χ4v) is 5.44. The maximum atomic E-state index is 11.4. The van der Waals surface area contributed by atoms with Gasteiger partial charge in [-0.1, -0.05) is 48.5 Å². The Morgan fingerprint density at radius 2 is 1.71 bits per heavy atom. The number of hydrogen-bond acceptors (Lipinski definition) is 4. The summed E-state index contributed by atoms with van der Waals surface area (Å²) in [6.07, 6.45) is 3.42. The van der Waals surface area contributed by atoms with Crippen LogP contribution in [0.5, 0.6) is 0 Å². The van der Waals surface area contributed by atoms with Crippen LogP contribution in [0.15, 0.2) is 60.8 Å². The fourth-order valence-electron chi connectivity index (χ4n) is 5.44. The third kappa shape index (κ3) is 2.48. The molecule has 2 aliphatic rings. The van der Waals surface area contributed by atoms with E-state index in [1.165, 1.54) is 21.9 Å². The lowest BCUT2D eigenvalue weighted by atomic mass is 9.72. The second-order valence-electron chi connectivity index (χ2n) is 8.44. The minimum atomic E-state index is -0.373. The Labute approximate surface area is 166 Å². The zero-order valence-electron chi connectivity index (χ0n) is 16.5. The molecule has 2 heterocycles. The predicted molar refractivity (Wildman–Crippen MR) is 114 cm³/mol. The second kappa shape index (κ2) is 6.57. The number of piperidine rings is 1. The van der Waals surface area contributed by atoms with Gasteiger partial charge in [-0.2, -0.15) is 0 Å². The number of nitrogens with zero attached hydrogens (tertiary/aromatic N) is 3. The third-order valence-corrected chi connectivity index (χ3v) is 6.85. The maximum Gasteiger partial charge on any atom is 0.136 e. The zero-order chi connectivity index (χ0) is 19.3. The number of aromatic nitrogens is 1. The number of fused-ring (bicyclic) bond motifs is 3. The molecule has 0 saturated carbocycles. The largest absolute Gasteiger partial charge is 0.390 e. The lowest BCUT2D eigenvalue weighted by molar-refractivity contribution is 0.0166. The van der Waals surface area contributed by atoms with Crippen LogP contribution < -0.4 is 4.90 Å². The van der Waals surface area contributed by atoms with E-state index in [0.717, 1.165) is 31.7 Å². The number of likely N-dealkylation sites (N-methyl/N-ethyl adjacent to an activating group) is 1. The molecule has 28 heavy (non-hydrogen) atoms. The van der Waals surface area contributed by atoms with Gasteiger partial charge in [0.25, 0.3) is 0 Å². The van der Waals surface area contributed by atoms with Crippen molar-refractivity contribution in [2.24, 2.45) is 0 Å². The van der Waals surface area contributed by atoms with Crippen molar-refractivity contribution in [1.82, 2.24) is 9.88 Å². The molecule has 1 aliphatic heterocycles. The average Bonchev–Trinajstić information content (AvgIpc) is 2.97. The van der Waals surface area contributed by atoms with Gasteiger partial charge in [-0.3, -0.25) is 0 Å². The SMILES string of the molecule is CN(C)[C@@H]1c2ccccc2C2(CCN(c3nccc4ccccc34)CC2)[C@H]1O. The molecule has 4 heteroatoms. The number of aliphatic hydroxyl groups excluding tert-OH is 1. The summed E-state index contributed by atoms with van der Waals surface area (Å²) < 4.78 is 0. The van der Waals surface area contributed by atoms with E-state index in [1.54, 1.807) is 0 Å². The summed E-state index contributed by atoms with van der Waals surface area (Å²) in [6, 6.07) is 19.2. The molecule has 3 aromatic rings. The van der Waals surface area contributed by atoms with E-state index >= 15 is 0 Å². The number of pyridine rings is 1. The van der Waals surface area contributed by atoms with Gasteiger partial charge >= 0.3 is 0 Å². The molecule has 2 aromatic carbocycles. The van der Waals surface area contributed by atoms with Gasteiger partial charge in [-0.25, -0.2) is 4.98 Å². The monoisotopic (exact) mass is 373 g/mol. The molecule has 1 N–H and O–H groups in total. The molecular weight excluding hydrogens is 346 g/mol. The Balaban J connectivity index is 1.48. The van der Waals surface area contributed by atoms with Gasteiger partial charge in [0.15, 0.2) is 0 Å². The van der Waals surface area contributed by atoms with Crippen molar-refractivity contribution < 1.29 is 5.11 Å². The average molecular weight is 374 g/mol. The summed E-state index contributed by atoms with van der Waals surface area (Å²) in [4.78, 5) is 9.27. The number of anilines is 1. The van der Waals surface area contributed by atoms with E-state index in [-0.39, 0.29) is 17.6 Å². The van der Waals surface area contributed by atoms with E-state index in [2.05, 4.69) is 78.5 Å². The highest BCUT2D eigenvalue weighted by molar-refractivity contribution is 5.92. The van der Waals surface area contributed by atoms with E-state index in [0.29, 0.717) is 0 Å². The second-order valence-corrected chi connectivity index (χ2v) is 8.44. The third-order valence-electron chi connectivity index (χ3n) is 6.85. The van der Waals surface area contributed by atoms with Crippen LogP contribution in [0.25, 0.3) is 10.8 Å². The van der Waals surface area contributed by atoms with E-state index in [1.807, 2.05) is 6.20 Å². The first kappa shape index (κ1) is 17.7. The van der Waals surface area contributed by atoms with Crippen LogP contribution in [0.4, 0.5) is 5.82 Å². The molecular formula is C24H27N3O. The lowest BCUT2D eigenvalue weighted by Gasteiger charge is -2.44. The lowest BCUT2D eigenvalue weighted by Crippen LogP contribution is -2.49. The Morgan fingerprint density at radius 3 is 2.50 bits per heavy atom. The van der Waals surface area contributed by atoms with Crippen molar-refractivity contribution in [1.29, 1.82) is 0 Å². The Kier molecular flexibility index (Phi) is 4.14. The number of hydrogen-bond donors (Lipinski definition) is 1. The van der Waals surface area contributed by atoms with Crippen LogP contribution >= 0.6 is 0 Å². The normalized spacial score (nSPS) is 23.5. The molecule has 0 unspecified atom stereocenters. The number of benzene rings is 2. The summed E-state index contributed by atoms with van der Waals surface area (Å²) in [5, 5.41) is 13.8. The quantitative estimate of drug-likeness (QED) is 0.743. The Bertz CT molecular complexity index is 1000. The van der Waals surface area contributed by atoms with Crippen molar-refractivity contribution in [2.45, 2.75) is 30.4 Å². The van der Waals surface area contributed by atoms with Gasteiger partial charge in [-0.05, 0) is 49.5 Å². The van der Waals surface area contributed by atoms with Gasteiger partial charge in [-0.15, -0.1) is 0 Å². The molecule has 1 aliphatic carbocycles. The highest BCUT2D eigenvalue weighted by Gasteiger charge is 2.53. The topological polar surface area (TPSA) is 39.6 Å². The van der Waals surface area contributed by atoms with Crippen molar-refractivity contribution >= 4 is 16.6 Å². The van der Waals surface area contributed by atoms with Gasteiger partial charge in [0.05, 0.1) is 12.1 Å². The fraction of sp³-hybridized carbons (Fsp3) is 0.375. The van der Waals surface area contributed by atoms with Crippen LogP contribution in [0.3, 0.4) is 0 Å². The number of rotatable bonds is 2. The Hall–Kier alpha value is -2.43. The van der Waals surface area contributed by atoms with E-state index in [4.69, 9.17) is 4.98 Å². The predicted octanol–water partition coefficient (Wildman–Crippen LogP) is 3.75. The van der Waals surface area contributed by atoms with Crippen molar-refractivity contribution in [3.8, 4) is 0 Å². The van der Waals surface area contributed by atoms with Crippen molar-refractivity contribution in [2.75, 3.05) is 32.1 Å². The molecule has 1 spiro atoms. The van der Waals surface area contributed by atoms with Crippen LogP contribution in [0, 0.1) is 0 Å². The van der Waals surface area contributed by atoms with Gasteiger partial charge in [0, 0.05) is 30.1 Å². The first-order chi connectivity index (χ1) is 13.6.